The first-order valence-corrected chi connectivity index (χ1v) is 6.72. The Labute approximate surface area is 129 Å². The lowest BCUT2D eigenvalue weighted by Crippen LogP contribution is -2.47. The number of nitrogens with one attached hydrogen (secondary N) is 2. The molecule has 0 spiro atoms. The highest BCUT2D eigenvalue weighted by molar-refractivity contribution is 5.85. The normalized spacial score (nSPS) is 16.7. The van der Waals surface area contributed by atoms with Gasteiger partial charge in [0.05, 0.1) is 18.3 Å². The third-order valence-corrected chi connectivity index (χ3v) is 3.51. The molecule has 3 rings (SSSR count). The Hall–Kier alpha value is -1.85. The number of nitrogens with zero attached hydrogens (tertiary/aromatic N) is 1. The van der Waals surface area contributed by atoms with Crippen molar-refractivity contribution in [3.8, 4) is 0 Å². The molecule has 6 heteroatoms. The highest BCUT2D eigenvalue weighted by atomic mass is 35.5. The van der Waals surface area contributed by atoms with Crippen LogP contribution in [0, 0.1) is 6.92 Å². The zero-order valence-electron chi connectivity index (χ0n) is 11.8. The van der Waals surface area contributed by atoms with Gasteiger partial charge in [-0.05, 0) is 24.5 Å². The Bertz CT molecular complexity index is 627. The van der Waals surface area contributed by atoms with Crippen molar-refractivity contribution in [1.82, 2.24) is 15.8 Å². The molecule has 0 saturated carbocycles. The summed E-state index contributed by atoms with van der Waals surface area (Å²) in [6.45, 7) is 2.96. The zero-order valence-corrected chi connectivity index (χ0v) is 12.6. The number of fused-ring (bicyclic) bond motifs is 1. The van der Waals surface area contributed by atoms with Gasteiger partial charge in [-0.2, -0.15) is 0 Å². The molecule has 0 bridgehead atoms. The van der Waals surface area contributed by atoms with E-state index in [1.54, 1.807) is 0 Å². The van der Waals surface area contributed by atoms with Crippen LogP contribution in [0.5, 0.6) is 0 Å². The summed E-state index contributed by atoms with van der Waals surface area (Å²) in [5.74, 6) is 0.667. The van der Waals surface area contributed by atoms with Crippen LogP contribution in [0.25, 0.3) is 0 Å². The van der Waals surface area contributed by atoms with E-state index in [4.69, 9.17) is 4.52 Å². The number of hydrogen-bond acceptors (Lipinski definition) is 4. The number of carbonyl (C=O) groups excluding carboxylic acids is 1. The predicted octanol–water partition coefficient (Wildman–Crippen LogP) is 1.74. The number of rotatable bonds is 3. The number of benzene rings is 1. The van der Waals surface area contributed by atoms with E-state index in [1.165, 1.54) is 11.1 Å². The molecule has 0 saturated heterocycles. The molecule has 1 aromatic heterocycles. The fourth-order valence-corrected chi connectivity index (χ4v) is 2.44. The van der Waals surface area contributed by atoms with Gasteiger partial charge >= 0.3 is 0 Å². The molecule has 1 aliphatic rings. The summed E-state index contributed by atoms with van der Waals surface area (Å²) in [7, 11) is 0. The molecule has 0 radical (unpaired) electrons. The number of amides is 1. The first-order chi connectivity index (χ1) is 9.72. The summed E-state index contributed by atoms with van der Waals surface area (Å²) in [5, 5.41) is 9.93. The molecule has 2 aromatic rings. The van der Waals surface area contributed by atoms with Crippen LogP contribution in [0.15, 0.2) is 34.9 Å². The molecule has 1 aliphatic heterocycles. The van der Waals surface area contributed by atoms with Gasteiger partial charge in [-0.3, -0.25) is 4.79 Å². The first kappa shape index (κ1) is 15.5. The van der Waals surface area contributed by atoms with Crippen molar-refractivity contribution in [3.63, 3.8) is 0 Å². The average Bonchev–Trinajstić information content (AvgIpc) is 2.90. The third kappa shape index (κ3) is 3.62. The summed E-state index contributed by atoms with van der Waals surface area (Å²) in [4.78, 5) is 12.2. The molecule has 1 amide bonds. The second-order valence-electron chi connectivity index (χ2n) is 5.06. The molecular weight excluding hydrogens is 290 g/mol. The minimum Gasteiger partial charge on any atom is -0.359 e. The van der Waals surface area contributed by atoms with E-state index in [0.717, 1.165) is 18.7 Å². The molecule has 5 nitrogen and oxygen atoms in total. The summed E-state index contributed by atoms with van der Waals surface area (Å²) in [6.07, 6.45) is 0.720. The van der Waals surface area contributed by atoms with Crippen LogP contribution in [0.1, 0.15) is 22.6 Å². The zero-order chi connectivity index (χ0) is 13.9. The number of hydrogen-bond donors (Lipinski definition) is 2. The van der Waals surface area contributed by atoms with Crippen LogP contribution in [-0.2, 0) is 24.3 Å². The summed E-state index contributed by atoms with van der Waals surface area (Å²) >= 11 is 0. The van der Waals surface area contributed by atoms with Crippen molar-refractivity contribution in [3.05, 3.63) is 52.9 Å². The van der Waals surface area contributed by atoms with Gasteiger partial charge in [0.2, 0.25) is 5.91 Å². The van der Waals surface area contributed by atoms with Gasteiger partial charge in [0, 0.05) is 12.6 Å². The smallest absolute Gasteiger partial charge is 0.237 e. The predicted molar refractivity (Wildman–Crippen MR) is 81.1 cm³/mol. The Balaban J connectivity index is 0.00000161. The number of halogens is 1. The van der Waals surface area contributed by atoms with Gasteiger partial charge in [0.1, 0.15) is 0 Å². The molecule has 0 fully saturated rings. The van der Waals surface area contributed by atoms with E-state index in [0.29, 0.717) is 12.3 Å². The van der Waals surface area contributed by atoms with Gasteiger partial charge in [0.25, 0.3) is 0 Å². The van der Waals surface area contributed by atoms with Crippen LogP contribution in [-0.4, -0.2) is 17.1 Å². The highest BCUT2D eigenvalue weighted by Crippen LogP contribution is 2.16. The highest BCUT2D eigenvalue weighted by Gasteiger charge is 2.23. The monoisotopic (exact) mass is 307 g/mol. The van der Waals surface area contributed by atoms with E-state index >= 15 is 0 Å². The summed E-state index contributed by atoms with van der Waals surface area (Å²) in [5.41, 5.74) is 3.32. The lowest BCUT2D eigenvalue weighted by Gasteiger charge is -2.25. The Morgan fingerprint density at radius 3 is 2.90 bits per heavy atom. The maximum atomic E-state index is 12.2. The number of carbonyl (C=O) groups is 1. The Kier molecular flexibility index (Phi) is 4.98. The molecule has 1 atom stereocenters. The largest absolute Gasteiger partial charge is 0.359 e. The minimum absolute atomic E-state index is 0. The summed E-state index contributed by atoms with van der Waals surface area (Å²) in [6, 6.07) is 9.84. The standard InChI is InChI=1S/C15H17N3O2.ClH/c1-10-6-13(20-18-10)9-17-15(19)14-7-11-4-2-3-5-12(11)8-16-14;/h2-6,14,16H,7-9H2,1H3,(H,17,19);1H. The fraction of sp³-hybridized carbons (Fsp3) is 0.333. The van der Waals surface area contributed by atoms with Crippen molar-refractivity contribution in [2.75, 3.05) is 0 Å². The molecule has 1 aromatic carbocycles. The van der Waals surface area contributed by atoms with Gasteiger partial charge in [-0.25, -0.2) is 0 Å². The maximum absolute atomic E-state index is 12.2. The lowest BCUT2D eigenvalue weighted by atomic mass is 9.95. The van der Waals surface area contributed by atoms with Gasteiger partial charge < -0.3 is 15.2 Å². The first-order valence-electron chi connectivity index (χ1n) is 6.72. The van der Waals surface area contributed by atoms with Crippen LogP contribution >= 0.6 is 12.4 Å². The van der Waals surface area contributed by atoms with Crippen molar-refractivity contribution in [2.45, 2.75) is 32.5 Å². The topological polar surface area (TPSA) is 67.2 Å². The lowest BCUT2D eigenvalue weighted by molar-refractivity contribution is -0.123. The van der Waals surface area contributed by atoms with E-state index < -0.39 is 0 Å². The van der Waals surface area contributed by atoms with Crippen LogP contribution in [0.3, 0.4) is 0 Å². The second-order valence-corrected chi connectivity index (χ2v) is 5.06. The SMILES string of the molecule is Cc1cc(CNC(=O)C2Cc3ccccc3CN2)on1.Cl. The van der Waals surface area contributed by atoms with Crippen LogP contribution < -0.4 is 10.6 Å². The van der Waals surface area contributed by atoms with Gasteiger partial charge in [-0.15, -0.1) is 12.4 Å². The van der Waals surface area contributed by atoms with Crippen LogP contribution in [0.2, 0.25) is 0 Å². The van der Waals surface area contributed by atoms with Gasteiger partial charge in [0.15, 0.2) is 5.76 Å². The number of aryl methyl sites for hydroxylation is 1. The van der Waals surface area contributed by atoms with Gasteiger partial charge in [-0.1, -0.05) is 29.4 Å². The minimum atomic E-state index is -0.186. The van der Waals surface area contributed by atoms with E-state index in [2.05, 4.69) is 27.9 Å². The molecule has 0 aliphatic carbocycles. The maximum Gasteiger partial charge on any atom is 0.237 e. The van der Waals surface area contributed by atoms with Crippen LogP contribution in [0.4, 0.5) is 0 Å². The quantitative estimate of drug-likeness (QED) is 0.906. The Morgan fingerprint density at radius 1 is 1.43 bits per heavy atom. The Morgan fingerprint density at radius 2 is 2.19 bits per heavy atom. The molecule has 1 unspecified atom stereocenters. The molecular formula is C15H18ClN3O2. The molecule has 2 N–H and O–H groups in total. The fourth-order valence-electron chi connectivity index (χ4n) is 2.44. The molecule has 112 valence electrons. The van der Waals surface area contributed by atoms with Crippen molar-refractivity contribution < 1.29 is 9.32 Å². The van der Waals surface area contributed by atoms with Crippen molar-refractivity contribution in [2.24, 2.45) is 0 Å². The van der Waals surface area contributed by atoms with E-state index in [9.17, 15) is 4.79 Å². The van der Waals surface area contributed by atoms with Crippen molar-refractivity contribution >= 4 is 18.3 Å². The molecule has 2 heterocycles. The molecule has 21 heavy (non-hydrogen) atoms. The van der Waals surface area contributed by atoms with E-state index in [-0.39, 0.29) is 24.4 Å². The average molecular weight is 308 g/mol. The third-order valence-electron chi connectivity index (χ3n) is 3.51. The van der Waals surface area contributed by atoms with E-state index in [1.807, 2.05) is 25.1 Å². The number of aromatic nitrogens is 1. The van der Waals surface area contributed by atoms with Crippen molar-refractivity contribution in [1.29, 1.82) is 0 Å². The summed E-state index contributed by atoms with van der Waals surface area (Å²) < 4.78 is 5.07. The second kappa shape index (κ2) is 6.74.